The number of hydrogen-bond donors (Lipinski definition) is 1. The number of carbonyl (C=O) groups excluding carboxylic acids is 1. The minimum Gasteiger partial charge on any atom is -0.326 e. The third-order valence-corrected chi connectivity index (χ3v) is 3.71. The highest BCUT2D eigenvalue weighted by Gasteiger charge is 2.17. The molecule has 1 N–H and O–H groups in total. The molecule has 0 aromatic heterocycles. The second-order valence-corrected chi connectivity index (χ2v) is 5.16. The number of fused-ring (bicyclic) bond motifs is 1. The highest BCUT2D eigenvalue weighted by Crippen LogP contribution is 2.25. The van der Waals surface area contributed by atoms with Crippen LogP contribution in [-0.2, 0) is 17.9 Å². The van der Waals surface area contributed by atoms with Crippen molar-refractivity contribution < 1.29 is 4.79 Å². The molecule has 3 nitrogen and oxygen atoms in total. The number of amides is 1. The molecule has 0 saturated heterocycles. The summed E-state index contributed by atoms with van der Waals surface area (Å²) in [6.45, 7) is 6.11. The summed E-state index contributed by atoms with van der Waals surface area (Å²) >= 11 is 0. The Balaban J connectivity index is 2.07. The average Bonchev–Trinajstić information content (AvgIpc) is 2.70. The molecule has 1 amide bonds. The molecule has 18 heavy (non-hydrogen) atoms. The molecular weight excluding hydrogens is 224 g/mol. The van der Waals surface area contributed by atoms with Crippen LogP contribution >= 0.6 is 0 Å². The van der Waals surface area contributed by atoms with Gasteiger partial charge >= 0.3 is 0 Å². The molecule has 1 aliphatic rings. The Morgan fingerprint density at radius 3 is 2.61 bits per heavy atom. The van der Waals surface area contributed by atoms with E-state index in [2.05, 4.69) is 43.2 Å². The highest BCUT2D eigenvalue weighted by molar-refractivity contribution is 5.92. The van der Waals surface area contributed by atoms with Crippen molar-refractivity contribution in [2.45, 2.75) is 39.8 Å². The Labute approximate surface area is 109 Å². The molecule has 2 rings (SSSR count). The second kappa shape index (κ2) is 5.53. The van der Waals surface area contributed by atoms with Crippen LogP contribution in [0.1, 0.15) is 37.8 Å². The van der Waals surface area contributed by atoms with Crippen molar-refractivity contribution in [1.29, 1.82) is 0 Å². The molecule has 1 heterocycles. The van der Waals surface area contributed by atoms with Gasteiger partial charge < -0.3 is 5.32 Å². The van der Waals surface area contributed by atoms with Crippen LogP contribution in [-0.4, -0.2) is 17.9 Å². The van der Waals surface area contributed by atoms with E-state index in [0.29, 0.717) is 0 Å². The van der Waals surface area contributed by atoms with Crippen molar-refractivity contribution in [2.24, 2.45) is 5.92 Å². The summed E-state index contributed by atoms with van der Waals surface area (Å²) in [5, 5.41) is 3.03. The SMILES string of the molecule is CCC(CC)C(=O)Nc1ccc2c(c1)CN(C)C2. The van der Waals surface area contributed by atoms with Crippen LogP contribution in [0.2, 0.25) is 0 Å². The van der Waals surface area contributed by atoms with Gasteiger partial charge in [0.25, 0.3) is 0 Å². The zero-order valence-corrected chi connectivity index (χ0v) is 11.5. The van der Waals surface area contributed by atoms with E-state index in [9.17, 15) is 4.79 Å². The topological polar surface area (TPSA) is 32.3 Å². The number of nitrogens with zero attached hydrogens (tertiary/aromatic N) is 1. The number of benzene rings is 1. The van der Waals surface area contributed by atoms with Crippen LogP contribution in [0.3, 0.4) is 0 Å². The summed E-state index contributed by atoms with van der Waals surface area (Å²) in [6, 6.07) is 6.25. The lowest BCUT2D eigenvalue weighted by Crippen LogP contribution is -2.21. The van der Waals surface area contributed by atoms with Gasteiger partial charge in [0.05, 0.1) is 0 Å². The zero-order chi connectivity index (χ0) is 13.1. The van der Waals surface area contributed by atoms with E-state index in [1.165, 1.54) is 11.1 Å². The summed E-state index contributed by atoms with van der Waals surface area (Å²) < 4.78 is 0. The van der Waals surface area contributed by atoms with E-state index in [4.69, 9.17) is 0 Å². The van der Waals surface area contributed by atoms with Crippen molar-refractivity contribution in [3.8, 4) is 0 Å². The Kier molecular flexibility index (Phi) is 4.02. The molecule has 0 spiro atoms. The van der Waals surface area contributed by atoms with Crippen molar-refractivity contribution in [2.75, 3.05) is 12.4 Å². The summed E-state index contributed by atoms with van der Waals surface area (Å²) in [5.41, 5.74) is 3.64. The lowest BCUT2D eigenvalue weighted by atomic mass is 10.0. The lowest BCUT2D eigenvalue weighted by molar-refractivity contribution is -0.120. The number of nitrogens with one attached hydrogen (secondary N) is 1. The first kappa shape index (κ1) is 13.1. The molecule has 0 unspecified atom stereocenters. The highest BCUT2D eigenvalue weighted by atomic mass is 16.1. The number of hydrogen-bond acceptors (Lipinski definition) is 2. The molecule has 0 atom stereocenters. The van der Waals surface area contributed by atoms with Gasteiger partial charge in [0.2, 0.25) is 5.91 Å². The first-order valence-electron chi connectivity index (χ1n) is 6.75. The maximum Gasteiger partial charge on any atom is 0.227 e. The Morgan fingerprint density at radius 1 is 1.28 bits per heavy atom. The normalized spacial score (nSPS) is 14.9. The summed E-state index contributed by atoms with van der Waals surface area (Å²) in [5.74, 6) is 0.271. The molecule has 3 heteroatoms. The predicted molar refractivity (Wildman–Crippen MR) is 74.3 cm³/mol. The van der Waals surface area contributed by atoms with Gasteiger partial charge in [-0.15, -0.1) is 0 Å². The van der Waals surface area contributed by atoms with Gasteiger partial charge in [0.15, 0.2) is 0 Å². The van der Waals surface area contributed by atoms with Crippen LogP contribution < -0.4 is 5.32 Å². The van der Waals surface area contributed by atoms with E-state index in [1.54, 1.807) is 0 Å². The second-order valence-electron chi connectivity index (χ2n) is 5.16. The number of rotatable bonds is 4. The van der Waals surface area contributed by atoms with Gasteiger partial charge in [-0.05, 0) is 43.1 Å². The third-order valence-electron chi connectivity index (χ3n) is 3.71. The van der Waals surface area contributed by atoms with Crippen LogP contribution in [0.25, 0.3) is 0 Å². The molecule has 1 aromatic carbocycles. The van der Waals surface area contributed by atoms with E-state index in [0.717, 1.165) is 31.6 Å². The van der Waals surface area contributed by atoms with Gasteiger partial charge in [-0.2, -0.15) is 0 Å². The molecule has 0 fully saturated rings. The fraction of sp³-hybridized carbons (Fsp3) is 0.533. The first-order valence-corrected chi connectivity index (χ1v) is 6.75. The van der Waals surface area contributed by atoms with E-state index >= 15 is 0 Å². The molecule has 1 aliphatic heterocycles. The third kappa shape index (κ3) is 2.72. The van der Waals surface area contributed by atoms with Crippen molar-refractivity contribution in [3.05, 3.63) is 29.3 Å². The smallest absolute Gasteiger partial charge is 0.227 e. The van der Waals surface area contributed by atoms with Gasteiger partial charge in [-0.1, -0.05) is 19.9 Å². The summed E-state index contributed by atoms with van der Waals surface area (Å²) in [6.07, 6.45) is 1.80. The summed E-state index contributed by atoms with van der Waals surface area (Å²) in [4.78, 5) is 14.3. The van der Waals surface area contributed by atoms with Gasteiger partial charge in [0, 0.05) is 24.7 Å². The molecular formula is C15H22N2O. The fourth-order valence-corrected chi connectivity index (χ4v) is 2.55. The Bertz CT molecular complexity index is 438. The van der Waals surface area contributed by atoms with Crippen LogP contribution in [0.4, 0.5) is 5.69 Å². The van der Waals surface area contributed by atoms with Gasteiger partial charge in [0.1, 0.15) is 0 Å². The fourth-order valence-electron chi connectivity index (χ4n) is 2.55. The van der Waals surface area contributed by atoms with Crippen LogP contribution in [0.5, 0.6) is 0 Å². The minimum absolute atomic E-state index is 0.126. The van der Waals surface area contributed by atoms with Crippen molar-refractivity contribution in [1.82, 2.24) is 4.90 Å². The number of anilines is 1. The zero-order valence-electron chi connectivity index (χ0n) is 11.5. The summed E-state index contributed by atoms with van der Waals surface area (Å²) in [7, 11) is 2.11. The standard InChI is InChI=1S/C15H22N2O/c1-4-11(5-2)15(18)16-14-7-6-12-9-17(3)10-13(12)8-14/h6-8,11H,4-5,9-10H2,1-3H3,(H,16,18). The maximum atomic E-state index is 12.0. The predicted octanol–water partition coefficient (Wildman–Crippen LogP) is 3.01. The van der Waals surface area contributed by atoms with E-state index in [-0.39, 0.29) is 11.8 Å². The molecule has 0 aliphatic carbocycles. The minimum atomic E-state index is 0.126. The quantitative estimate of drug-likeness (QED) is 0.885. The molecule has 1 aromatic rings. The maximum absolute atomic E-state index is 12.0. The first-order chi connectivity index (χ1) is 8.63. The largest absolute Gasteiger partial charge is 0.326 e. The van der Waals surface area contributed by atoms with Crippen molar-refractivity contribution in [3.63, 3.8) is 0 Å². The van der Waals surface area contributed by atoms with Crippen LogP contribution in [0.15, 0.2) is 18.2 Å². The van der Waals surface area contributed by atoms with Crippen molar-refractivity contribution >= 4 is 11.6 Å². The monoisotopic (exact) mass is 246 g/mol. The molecule has 98 valence electrons. The lowest BCUT2D eigenvalue weighted by Gasteiger charge is -2.13. The molecule has 0 saturated carbocycles. The van der Waals surface area contributed by atoms with Gasteiger partial charge in [-0.3, -0.25) is 9.69 Å². The molecule has 0 bridgehead atoms. The molecule has 0 radical (unpaired) electrons. The van der Waals surface area contributed by atoms with E-state index < -0.39 is 0 Å². The van der Waals surface area contributed by atoms with Gasteiger partial charge in [-0.25, -0.2) is 0 Å². The Hall–Kier alpha value is -1.35. The van der Waals surface area contributed by atoms with Crippen LogP contribution in [0, 0.1) is 5.92 Å². The van der Waals surface area contributed by atoms with E-state index in [1.807, 2.05) is 6.07 Å². The Morgan fingerprint density at radius 2 is 1.94 bits per heavy atom. The number of carbonyl (C=O) groups is 1. The average molecular weight is 246 g/mol.